The van der Waals surface area contributed by atoms with Crippen LogP contribution < -0.4 is 15.4 Å². The zero-order chi connectivity index (χ0) is 19.9. The van der Waals surface area contributed by atoms with Gasteiger partial charge in [-0.15, -0.1) is 0 Å². The molecule has 0 spiro atoms. The lowest BCUT2D eigenvalue weighted by Crippen LogP contribution is -2.34. The molecule has 0 fully saturated rings. The van der Waals surface area contributed by atoms with Gasteiger partial charge in [0, 0.05) is 11.3 Å². The van der Waals surface area contributed by atoms with E-state index in [-0.39, 0.29) is 11.0 Å². The first-order chi connectivity index (χ1) is 13.5. The molecule has 0 atom stereocenters. The molecule has 142 valence electrons. The first kappa shape index (κ1) is 20.1. The summed E-state index contributed by atoms with van der Waals surface area (Å²) < 4.78 is 5.71. The smallest absolute Gasteiger partial charge is 0.257 e. The van der Waals surface area contributed by atoms with Gasteiger partial charge in [-0.05, 0) is 60.2 Å². The molecule has 0 aliphatic carbocycles. The second-order valence-corrected chi connectivity index (χ2v) is 7.06. The van der Waals surface area contributed by atoms with Crippen molar-refractivity contribution in [2.75, 3.05) is 5.32 Å². The van der Waals surface area contributed by atoms with Crippen molar-refractivity contribution in [1.29, 1.82) is 0 Å². The van der Waals surface area contributed by atoms with Crippen LogP contribution >= 0.6 is 35.4 Å². The second kappa shape index (κ2) is 9.55. The summed E-state index contributed by atoms with van der Waals surface area (Å²) in [7, 11) is 0. The van der Waals surface area contributed by atoms with Gasteiger partial charge in [0.2, 0.25) is 0 Å². The summed E-state index contributed by atoms with van der Waals surface area (Å²) >= 11 is 17.0. The van der Waals surface area contributed by atoms with Gasteiger partial charge in [-0.2, -0.15) is 0 Å². The van der Waals surface area contributed by atoms with E-state index in [1.807, 2.05) is 30.3 Å². The molecule has 0 aromatic heterocycles. The number of carbonyl (C=O) groups excluding carboxylic acids is 1. The lowest BCUT2D eigenvalue weighted by atomic mass is 10.2. The number of hydrogen-bond donors (Lipinski definition) is 2. The molecular weight excluding hydrogens is 415 g/mol. The Kier molecular flexibility index (Phi) is 6.87. The second-order valence-electron chi connectivity index (χ2n) is 5.84. The third-order valence-electron chi connectivity index (χ3n) is 3.77. The SMILES string of the molecule is O=C(NC(=S)Nc1ccc(Cl)c(Cl)c1)c1ccc(OCc2ccccc2)cc1. The van der Waals surface area contributed by atoms with E-state index in [1.54, 1.807) is 42.5 Å². The Hall–Kier alpha value is -2.60. The van der Waals surface area contributed by atoms with Crippen LogP contribution in [0.2, 0.25) is 10.0 Å². The maximum Gasteiger partial charge on any atom is 0.257 e. The fraction of sp³-hybridized carbons (Fsp3) is 0.0476. The number of anilines is 1. The number of thiocarbonyl (C=S) groups is 1. The zero-order valence-corrected chi connectivity index (χ0v) is 16.9. The molecule has 0 radical (unpaired) electrons. The first-order valence-corrected chi connectivity index (χ1v) is 9.52. The van der Waals surface area contributed by atoms with Gasteiger partial charge in [-0.25, -0.2) is 0 Å². The molecule has 0 heterocycles. The summed E-state index contributed by atoms with van der Waals surface area (Å²) in [6, 6.07) is 21.7. The minimum Gasteiger partial charge on any atom is -0.489 e. The van der Waals surface area contributed by atoms with E-state index in [2.05, 4.69) is 10.6 Å². The van der Waals surface area contributed by atoms with Gasteiger partial charge in [0.15, 0.2) is 5.11 Å². The van der Waals surface area contributed by atoms with Crippen molar-refractivity contribution in [1.82, 2.24) is 5.32 Å². The van der Waals surface area contributed by atoms with Crippen LogP contribution in [0.4, 0.5) is 5.69 Å². The van der Waals surface area contributed by atoms with Crippen LogP contribution in [0.15, 0.2) is 72.8 Å². The molecular formula is C21H16Cl2N2O2S. The van der Waals surface area contributed by atoms with Gasteiger partial charge in [0.1, 0.15) is 12.4 Å². The number of carbonyl (C=O) groups is 1. The Labute approximate surface area is 178 Å². The lowest BCUT2D eigenvalue weighted by molar-refractivity contribution is 0.0977. The van der Waals surface area contributed by atoms with E-state index in [1.165, 1.54) is 0 Å². The molecule has 0 bridgehead atoms. The van der Waals surface area contributed by atoms with Crippen molar-refractivity contribution in [2.45, 2.75) is 6.61 Å². The third kappa shape index (κ3) is 5.70. The Bertz CT molecular complexity index is 979. The van der Waals surface area contributed by atoms with Gasteiger partial charge < -0.3 is 10.1 Å². The van der Waals surface area contributed by atoms with E-state index in [4.69, 9.17) is 40.2 Å². The molecule has 1 amide bonds. The van der Waals surface area contributed by atoms with Crippen LogP contribution in [0.5, 0.6) is 5.75 Å². The van der Waals surface area contributed by atoms with Crippen LogP contribution in [0.25, 0.3) is 0 Å². The zero-order valence-electron chi connectivity index (χ0n) is 14.6. The van der Waals surface area contributed by atoms with Gasteiger partial charge in [0.25, 0.3) is 5.91 Å². The van der Waals surface area contributed by atoms with Crippen molar-refractivity contribution in [2.24, 2.45) is 0 Å². The summed E-state index contributed by atoms with van der Waals surface area (Å²) in [6.07, 6.45) is 0. The van der Waals surface area contributed by atoms with E-state index in [0.717, 1.165) is 5.56 Å². The predicted molar refractivity (Wildman–Crippen MR) is 117 cm³/mol. The average molecular weight is 431 g/mol. The number of rotatable bonds is 5. The van der Waals surface area contributed by atoms with Crippen molar-refractivity contribution in [3.8, 4) is 5.75 Å². The number of hydrogen-bond acceptors (Lipinski definition) is 3. The predicted octanol–water partition coefficient (Wildman–Crippen LogP) is 5.70. The molecule has 0 saturated carbocycles. The molecule has 0 aliphatic rings. The van der Waals surface area contributed by atoms with Gasteiger partial charge in [0.05, 0.1) is 10.0 Å². The molecule has 0 aliphatic heterocycles. The highest BCUT2D eigenvalue weighted by Crippen LogP contribution is 2.25. The largest absolute Gasteiger partial charge is 0.489 e. The molecule has 7 heteroatoms. The Morgan fingerprint density at radius 3 is 2.32 bits per heavy atom. The topological polar surface area (TPSA) is 50.4 Å². The molecule has 0 saturated heterocycles. The molecule has 3 aromatic carbocycles. The molecule has 4 nitrogen and oxygen atoms in total. The highest BCUT2D eigenvalue weighted by atomic mass is 35.5. The van der Waals surface area contributed by atoms with Crippen LogP contribution in [-0.2, 0) is 6.61 Å². The minimum absolute atomic E-state index is 0.160. The van der Waals surface area contributed by atoms with Gasteiger partial charge in [-0.3, -0.25) is 10.1 Å². The molecule has 3 rings (SSSR count). The highest BCUT2D eigenvalue weighted by Gasteiger charge is 2.09. The summed E-state index contributed by atoms with van der Waals surface area (Å²) in [6.45, 7) is 0.462. The number of amides is 1. The van der Waals surface area contributed by atoms with E-state index in [0.29, 0.717) is 33.7 Å². The maximum atomic E-state index is 12.3. The summed E-state index contributed by atoms with van der Waals surface area (Å²) in [4.78, 5) is 12.3. The van der Waals surface area contributed by atoms with Gasteiger partial charge in [-0.1, -0.05) is 53.5 Å². The number of nitrogens with one attached hydrogen (secondary N) is 2. The lowest BCUT2D eigenvalue weighted by Gasteiger charge is -2.11. The summed E-state index contributed by atoms with van der Waals surface area (Å²) in [5.41, 5.74) is 2.16. The Morgan fingerprint density at radius 1 is 0.929 bits per heavy atom. The van der Waals surface area contributed by atoms with Crippen LogP contribution in [0.1, 0.15) is 15.9 Å². The molecule has 28 heavy (non-hydrogen) atoms. The number of benzene rings is 3. The van der Waals surface area contributed by atoms with E-state index in [9.17, 15) is 4.79 Å². The number of halogens is 2. The van der Waals surface area contributed by atoms with E-state index < -0.39 is 0 Å². The molecule has 0 unspecified atom stereocenters. The van der Waals surface area contributed by atoms with Crippen molar-refractivity contribution in [3.05, 3.63) is 94.0 Å². The van der Waals surface area contributed by atoms with Crippen molar-refractivity contribution in [3.63, 3.8) is 0 Å². The monoisotopic (exact) mass is 430 g/mol. The van der Waals surface area contributed by atoms with Crippen LogP contribution in [0.3, 0.4) is 0 Å². The third-order valence-corrected chi connectivity index (χ3v) is 4.71. The quantitative estimate of drug-likeness (QED) is 0.509. The Balaban J connectivity index is 1.53. The fourth-order valence-electron chi connectivity index (χ4n) is 2.35. The van der Waals surface area contributed by atoms with Crippen LogP contribution in [-0.4, -0.2) is 11.0 Å². The normalized spacial score (nSPS) is 10.2. The summed E-state index contributed by atoms with van der Waals surface area (Å²) in [5, 5.41) is 6.51. The van der Waals surface area contributed by atoms with Crippen molar-refractivity contribution >= 4 is 52.1 Å². The minimum atomic E-state index is -0.327. The molecule has 3 aromatic rings. The Morgan fingerprint density at radius 2 is 1.64 bits per heavy atom. The fourth-order valence-corrected chi connectivity index (χ4v) is 2.86. The maximum absolute atomic E-state index is 12.3. The standard InChI is InChI=1S/C21H16Cl2N2O2S/c22-18-11-8-16(12-19(18)23)24-21(28)25-20(26)15-6-9-17(10-7-15)27-13-14-4-2-1-3-5-14/h1-12H,13H2,(H2,24,25,26,28). The van der Waals surface area contributed by atoms with Gasteiger partial charge >= 0.3 is 0 Å². The number of ether oxygens (including phenoxy) is 1. The van der Waals surface area contributed by atoms with Crippen molar-refractivity contribution < 1.29 is 9.53 Å². The summed E-state index contributed by atoms with van der Waals surface area (Å²) in [5.74, 6) is 0.351. The first-order valence-electron chi connectivity index (χ1n) is 8.35. The molecule has 2 N–H and O–H groups in total. The van der Waals surface area contributed by atoms with E-state index >= 15 is 0 Å². The average Bonchev–Trinajstić information content (AvgIpc) is 2.70. The highest BCUT2D eigenvalue weighted by molar-refractivity contribution is 7.80. The van der Waals surface area contributed by atoms with Crippen LogP contribution in [0, 0.1) is 0 Å².